The van der Waals surface area contributed by atoms with E-state index in [1.165, 1.54) is 29.5 Å². The van der Waals surface area contributed by atoms with Gasteiger partial charge in [-0.2, -0.15) is 5.10 Å². The number of hydrogen-bond acceptors (Lipinski definition) is 7. The highest BCUT2D eigenvalue weighted by Crippen LogP contribution is 2.34. The zero-order chi connectivity index (χ0) is 23.4. The standard InChI is InChI=1S/C22H14Cl2N4O4S/c23-18-5-1-3-15(20(18)24)12-25-26-22-27(13-17-4-2-10-32-17)21(29)19(33-22)11-14-6-8-16(9-7-14)28(30)31/h1-12H,13H2/b19-11-,25-12+,26-22-. The van der Waals surface area contributed by atoms with Crippen LogP contribution < -0.4 is 0 Å². The molecule has 1 aliphatic rings. The number of furan rings is 1. The lowest BCUT2D eigenvalue weighted by atomic mass is 10.2. The lowest BCUT2D eigenvalue weighted by molar-refractivity contribution is -0.384. The summed E-state index contributed by atoms with van der Waals surface area (Å²) in [6.45, 7) is 0.169. The Morgan fingerprint density at radius 3 is 2.61 bits per heavy atom. The van der Waals surface area contributed by atoms with Gasteiger partial charge in [-0.15, -0.1) is 5.10 Å². The number of nitro benzene ring substituents is 1. The minimum Gasteiger partial charge on any atom is -0.467 e. The van der Waals surface area contributed by atoms with Crippen molar-refractivity contribution in [2.75, 3.05) is 0 Å². The molecule has 1 amide bonds. The third kappa shape index (κ3) is 5.33. The molecule has 0 bridgehead atoms. The Balaban J connectivity index is 1.62. The smallest absolute Gasteiger partial charge is 0.269 e. The molecule has 1 aromatic heterocycles. The first kappa shape index (κ1) is 22.8. The van der Waals surface area contributed by atoms with Gasteiger partial charge in [0.2, 0.25) is 0 Å². The normalized spacial score (nSPS) is 16.4. The number of nitrogens with zero attached hydrogens (tertiary/aromatic N) is 4. The molecular weight excluding hydrogens is 487 g/mol. The zero-order valence-corrected chi connectivity index (χ0v) is 19.0. The Morgan fingerprint density at radius 1 is 1.12 bits per heavy atom. The Morgan fingerprint density at radius 2 is 1.91 bits per heavy atom. The minimum atomic E-state index is -0.480. The van der Waals surface area contributed by atoms with Crippen LogP contribution in [0.25, 0.3) is 6.08 Å². The third-order valence-corrected chi connectivity index (χ3v) is 6.34. The number of carbonyl (C=O) groups is 1. The van der Waals surface area contributed by atoms with Crippen molar-refractivity contribution < 1.29 is 14.1 Å². The van der Waals surface area contributed by atoms with Gasteiger partial charge in [0.25, 0.3) is 11.6 Å². The molecule has 0 spiro atoms. The number of amidine groups is 1. The summed E-state index contributed by atoms with van der Waals surface area (Å²) in [5, 5.41) is 20.2. The van der Waals surface area contributed by atoms with Crippen LogP contribution in [0.4, 0.5) is 5.69 Å². The molecule has 0 N–H and O–H groups in total. The maximum Gasteiger partial charge on any atom is 0.269 e. The first-order valence-electron chi connectivity index (χ1n) is 9.45. The lowest BCUT2D eigenvalue weighted by Crippen LogP contribution is -2.28. The number of carbonyl (C=O) groups excluding carboxylic acids is 1. The van der Waals surface area contributed by atoms with E-state index in [1.54, 1.807) is 48.5 Å². The van der Waals surface area contributed by atoms with Gasteiger partial charge in [0.15, 0.2) is 5.17 Å². The highest BCUT2D eigenvalue weighted by atomic mass is 35.5. The molecule has 1 fully saturated rings. The van der Waals surface area contributed by atoms with Crippen LogP contribution in [-0.4, -0.2) is 27.1 Å². The molecular formula is C22H14Cl2N4O4S. The van der Waals surface area contributed by atoms with Gasteiger partial charge < -0.3 is 4.42 Å². The topological polar surface area (TPSA) is 101 Å². The average Bonchev–Trinajstić information content (AvgIpc) is 3.41. The van der Waals surface area contributed by atoms with Crippen LogP contribution in [0.1, 0.15) is 16.9 Å². The summed E-state index contributed by atoms with van der Waals surface area (Å²) < 4.78 is 5.37. The van der Waals surface area contributed by atoms with Gasteiger partial charge in [0.05, 0.1) is 38.9 Å². The van der Waals surface area contributed by atoms with E-state index in [0.717, 1.165) is 11.8 Å². The molecule has 1 saturated heterocycles. The first-order chi connectivity index (χ1) is 15.9. The molecule has 2 heterocycles. The van der Waals surface area contributed by atoms with Crippen LogP contribution >= 0.6 is 35.0 Å². The Labute approximate surface area is 202 Å². The Hall–Kier alpha value is -3.40. The van der Waals surface area contributed by atoms with Gasteiger partial charge in [-0.25, -0.2) is 0 Å². The second-order valence-corrected chi connectivity index (χ2v) is 8.49. The van der Waals surface area contributed by atoms with Crippen molar-refractivity contribution in [3.63, 3.8) is 0 Å². The zero-order valence-electron chi connectivity index (χ0n) is 16.7. The second kappa shape index (κ2) is 10.0. The fraction of sp³-hybridized carbons (Fsp3) is 0.0455. The molecule has 4 rings (SSSR count). The van der Waals surface area contributed by atoms with Crippen LogP contribution in [0, 0.1) is 10.1 Å². The predicted molar refractivity (Wildman–Crippen MR) is 129 cm³/mol. The highest BCUT2D eigenvalue weighted by molar-refractivity contribution is 8.18. The number of amides is 1. The molecule has 8 nitrogen and oxygen atoms in total. The monoisotopic (exact) mass is 500 g/mol. The lowest BCUT2D eigenvalue weighted by Gasteiger charge is -2.12. The summed E-state index contributed by atoms with van der Waals surface area (Å²) in [5.74, 6) is 0.291. The maximum absolute atomic E-state index is 13.1. The molecule has 0 atom stereocenters. The summed E-state index contributed by atoms with van der Waals surface area (Å²) in [6, 6.07) is 14.5. The van der Waals surface area contributed by atoms with E-state index in [0.29, 0.717) is 37.0 Å². The van der Waals surface area contributed by atoms with E-state index >= 15 is 0 Å². The molecule has 33 heavy (non-hydrogen) atoms. The predicted octanol–water partition coefficient (Wildman–Crippen LogP) is 6.00. The molecule has 1 aliphatic heterocycles. The summed E-state index contributed by atoms with van der Waals surface area (Å²) in [7, 11) is 0. The number of nitro groups is 1. The van der Waals surface area contributed by atoms with Crippen molar-refractivity contribution in [2.24, 2.45) is 10.2 Å². The van der Waals surface area contributed by atoms with E-state index in [2.05, 4.69) is 10.2 Å². The van der Waals surface area contributed by atoms with E-state index in [-0.39, 0.29) is 18.1 Å². The third-order valence-electron chi connectivity index (χ3n) is 4.51. The highest BCUT2D eigenvalue weighted by Gasteiger charge is 2.34. The molecule has 0 saturated carbocycles. The van der Waals surface area contributed by atoms with Gasteiger partial charge in [-0.05, 0) is 53.7 Å². The quantitative estimate of drug-likeness (QED) is 0.178. The molecule has 0 radical (unpaired) electrons. The number of benzene rings is 2. The fourth-order valence-corrected chi connectivity index (χ4v) is 4.18. The van der Waals surface area contributed by atoms with E-state index in [9.17, 15) is 14.9 Å². The van der Waals surface area contributed by atoms with Crippen LogP contribution in [-0.2, 0) is 11.3 Å². The van der Waals surface area contributed by atoms with E-state index < -0.39 is 4.92 Å². The van der Waals surface area contributed by atoms with Crippen molar-refractivity contribution >= 4 is 64.0 Å². The van der Waals surface area contributed by atoms with Gasteiger partial charge in [0, 0.05) is 17.7 Å². The van der Waals surface area contributed by atoms with Crippen molar-refractivity contribution in [2.45, 2.75) is 6.54 Å². The summed E-state index contributed by atoms with van der Waals surface area (Å²) in [4.78, 5) is 25.3. The second-order valence-electron chi connectivity index (χ2n) is 6.70. The van der Waals surface area contributed by atoms with Crippen LogP contribution in [0.2, 0.25) is 10.0 Å². The number of halogens is 2. The molecule has 3 aromatic rings. The number of hydrogen-bond donors (Lipinski definition) is 0. The molecule has 166 valence electrons. The fourth-order valence-electron chi connectivity index (χ4n) is 2.88. The molecule has 11 heteroatoms. The Kier molecular flexibility index (Phi) is 6.93. The summed E-state index contributed by atoms with van der Waals surface area (Å²) >= 11 is 13.3. The van der Waals surface area contributed by atoms with Gasteiger partial charge in [-0.3, -0.25) is 19.8 Å². The van der Waals surface area contributed by atoms with Crippen LogP contribution in [0.5, 0.6) is 0 Å². The van der Waals surface area contributed by atoms with Crippen LogP contribution in [0.3, 0.4) is 0 Å². The Bertz CT molecular complexity index is 1290. The van der Waals surface area contributed by atoms with E-state index in [4.69, 9.17) is 27.6 Å². The molecule has 0 aliphatic carbocycles. The van der Waals surface area contributed by atoms with Crippen molar-refractivity contribution in [1.82, 2.24) is 4.90 Å². The van der Waals surface area contributed by atoms with Gasteiger partial charge in [-0.1, -0.05) is 35.3 Å². The average molecular weight is 501 g/mol. The van der Waals surface area contributed by atoms with E-state index in [1.807, 2.05) is 0 Å². The van der Waals surface area contributed by atoms with Crippen molar-refractivity contribution in [3.8, 4) is 0 Å². The summed E-state index contributed by atoms with van der Waals surface area (Å²) in [5.41, 5.74) is 1.20. The number of rotatable bonds is 6. The van der Waals surface area contributed by atoms with Gasteiger partial charge >= 0.3 is 0 Å². The largest absolute Gasteiger partial charge is 0.467 e. The summed E-state index contributed by atoms with van der Waals surface area (Å²) in [6.07, 6.45) is 4.62. The van der Waals surface area contributed by atoms with Crippen molar-refractivity contribution in [1.29, 1.82) is 0 Å². The van der Waals surface area contributed by atoms with Gasteiger partial charge in [0.1, 0.15) is 5.76 Å². The number of non-ortho nitro benzene ring substituents is 1. The molecule has 0 unspecified atom stereocenters. The molecule has 2 aromatic carbocycles. The maximum atomic E-state index is 13.1. The number of thioether (sulfide) groups is 1. The van der Waals surface area contributed by atoms with Crippen LogP contribution in [0.15, 0.2) is 80.4 Å². The SMILES string of the molecule is O=C1/C(=C/c2ccc([N+](=O)[O-])cc2)S/C(=N\N=C\c2cccc(Cl)c2Cl)N1Cc1ccco1. The van der Waals surface area contributed by atoms with Crippen molar-refractivity contribution in [3.05, 3.63) is 103 Å². The minimum absolute atomic E-state index is 0.0294. The first-order valence-corrected chi connectivity index (χ1v) is 11.0.